The third-order valence-corrected chi connectivity index (χ3v) is 4.50. The zero-order valence-electron chi connectivity index (χ0n) is 14.2. The van der Waals surface area contributed by atoms with Crippen LogP contribution in [-0.2, 0) is 18.3 Å². The Morgan fingerprint density at radius 3 is 2.96 bits per heavy atom. The number of amides is 1. The Labute approximate surface area is 149 Å². The molecule has 0 aliphatic carbocycles. The van der Waals surface area contributed by atoms with Gasteiger partial charge in [0.15, 0.2) is 0 Å². The van der Waals surface area contributed by atoms with Gasteiger partial charge in [-0.05, 0) is 24.5 Å². The Kier molecular flexibility index (Phi) is 6.40. The molecule has 2 N–H and O–H groups in total. The number of rotatable bonds is 5. The SMILES string of the molecule is Cc1cccc(CCNC(=O)[C@H]2CNC[C@@H]2c2cnn(C)c2)c1.Cl. The van der Waals surface area contributed by atoms with Crippen LogP contribution in [0.5, 0.6) is 0 Å². The first-order chi connectivity index (χ1) is 11.1. The molecule has 2 atom stereocenters. The van der Waals surface area contributed by atoms with Crippen molar-refractivity contribution in [1.82, 2.24) is 20.4 Å². The Morgan fingerprint density at radius 1 is 1.42 bits per heavy atom. The van der Waals surface area contributed by atoms with E-state index in [2.05, 4.69) is 46.9 Å². The Hall–Kier alpha value is -1.85. The summed E-state index contributed by atoms with van der Waals surface area (Å²) in [5, 5.41) is 10.6. The molecule has 0 radical (unpaired) electrons. The largest absolute Gasteiger partial charge is 0.355 e. The predicted molar refractivity (Wildman–Crippen MR) is 97.4 cm³/mol. The van der Waals surface area contributed by atoms with Crippen LogP contribution in [0.15, 0.2) is 36.7 Å². The minimum absolute atomic E-state index is 0. The Balaban J connectivity index is 0.00000208. The van der Waals surface area contributed by atoms with E-state index in [4.69, 9.17) is 0 Å². The monoisotopic (exact) mass is 348 g/mol. The van der Waals surface area contributed by atoms with Gasteiger partial charge in [-0.2, -0.15) is 5.10 Å². The van der Waals surface area contributed by atoms with Crippen molar-refractivity contribution >= 4 is 18.3 Å². The van der Waals surface area contributed by atoms with Gasteiger partial charge in [0.05, 0.1) is 12.1 Å². The van der Waals surface area contributed by atoms with Gasteiger partial charge in [-0.1, -0.05) is 29.8 Å². The third-order valence-electron chi connectivity index (χ3n) is 4.50. The second-order valence-electron chi connectivity index (χ2n) is 6.35. The molecule has 0 saturated carbocycles. The summed E-state index contributed by atoms with van der Waals surface area (Å²) >= 11 is 0. The molecule has 0 unspecified atom stereocenters. The van der Waals surface area contributed by atoms with Crippen LogP contribution in [0.1, 0.15) is 22.6 Å². The molecule has 6 heteroatoms. The van der Waals surface area contributed by atoms with E-state index in [9.17, 15) is 4.79 Å². The fraction of sp³-hybridized carbons (Fsp3) is 0.444. The lowest BCUT2D eigenvalue weighted by atomic mass is 9.90. The molecule has 130 valence electrons. The Morgan fingerprint density at radius 2 is 2.25 bits per heavy atom. The quantitative estimate of drug-likeness (QED) is 0.866. The summed E-state index contributed by atoms with van der Waals surface area (Å²) < 4.78 is 1.79. The van der Waals surface area contributed by atoms with Crippen molar-refractivity contribution in [3.8, 4) is 0 Å². The minimum atomic E-state index is -0.0169. The average Bonchev–Trinajstić information content (AvgIpc) is 3.15. The van der Waals surface area contributed by atoms with E-state index >= 15 is 0 Å². The predicted octanol–water partition coefficient (Wildman–Crippen LogP) is 1.81. The number of aryl methyl sites for hydroxylation is 2. The van der Waals surface area contributed by atoms with Gasteiger partial charge >= 0.3 is 0 Å². The van der Waals surface area contributed by atoms with E-state index in [1.165, 1.54) is 11.1 Å². The van der Waals surface area contributed by atoms with Crippen molar-refractivity contribution in [1.29, 1.82) is 0 Å². The highest BCUT2D eigenvalue weighted by atomic mass is 35.5. The van der Waals surface area contributed by atoms with Gasteiger partial charge in [-0.25, -0.2) is 0 Å². The number of nitrogens with one attached hydrogen (secondary N) is 2. The molecule has 3 rings (SSSR count). The van der Waals surface area contributed by atoms with E-state index in [1.54, 1.807) is 4.68 Å². The summed E-state index contributed by atoms with van der Waals surface area (Å²) in [5.41, 5.74) is 3.65. The smallest absolute Gasteiger partial charge is 0.225 e. The zero-order chi connectivity index (χ0) is 16.2. The summed E-state index contributed by atoms with van der Waals surface area (Å²) in [4.78, 5) is 12.5. The fourth-order valence-corrected chi connectivity index (χ4v) is 3.26. The molecular formula is C18H25ClN4O. The van der Waals surface area contributed by atoms with Crippen LogP contribution in [0.4, 0.5) is 0 Å². The summed E-state index contributed by atoms with van der Waals surface area (Å²) in [7, 11) is 1.91. The second kappa shape index (κ2) is 8.31. The number of benzene rings is 1. The zero-order valence-corrected chi connectivity index (χ0v) is 15.0. The van der Waals surface area contributed by atoms with E-state index in [-0.39, 0.29) is 30.2 Å². The van der Waals surface area contributed by atoms with Crippen molar-refractivity contribution in [2.24, 2.45) is 13.0 Å². The van der Waals surface area contributed by atoms with Crippen LogP contribution in [0.2, 0.25) is 0 Å². The van der Waals surface area contributed by atoms with Crippen LogP contribution in [-0.4, -0.2) is 35.3 Å². The summed E-state index contributed by atoms with van der Waals surface area (Å²) in [6.45, 7) is 4.33. The maximum Gasteiger partial charge on any atom is 0.225 e. The van der Waals surface area contributed by atoms with Gasteiger partial charge in [0, 0.05) is 38.8 Å². The molecular weight excluding hydrogens is 324 g/mol. The summed E-state index contributed by atoms with van der Waals surface area (Å²) in [6.07, 6.45) is 4.74. The van der Waals surface area contributed by atoms with Crippen molar-refractivity contribution in [2.75, 3.05) is 19.6 Å². The molecule has 1 fully saturated rings. The molecule has 1 saturated heterocycles. The van der Waals surface area contributed by atoms with Crippen LogP contribution >= 0.6 is 12.4 Å². The lowest BCUT2D eigenvalue weighted by Gasteiger charge is -2.17. The highest BCUT2D eigenvalue weighted by molar-refractivity contribution is 5.85. The highest BCUT2D eigenvalue weighted by Crippen LogP contribution is 2.27. The molecule has 1 aromatic carbocycles. The summed E-state index contributed by atoms with van der Waals surface area (Å²) in [6, 6.07) is 8.42. The second-order valence-corrected chi connectivity index (χ2v) is 6.35. The fourth-order valence-electron chi connectivity index (χ4n) is 3.26. The van der Waals surface area contributed by atoms with E-state index in [1.807, 2.05) is 19.4 Å². The maximum atomic E-state index is 12.5. The van der Waals surface area contributed by atoms with Crippen LogP contribution in [0.3, 0.4) is 0 Å². The van der Waals surface area contributed by atoms with Gasteiger partial charge in [-0.15, -0.1) is 12.4 Å². The van der Waals surface area contributed by atoms with E-state index in [0.717, 1.165) is 25.1 Å². The van der Waals surface area contributed by atoms with Crippen LogP contribution in [0, 0.1) is 12.8 Å². The Bertz CT molecular complexity index is 685. The third kappa shape index (κ3) is 4.36. The van der Waals surface area contributed by atoms with Gasteiger partial charge in [0.2, 0.25) is 5.91 Å². The first kappa shape index (κ1) is 18.5. The number of carbonyl (C=O) groups is 1. The number of hydrogen-bond acceptors (Lipinski definition) is 3. The molecule has 5 nitrogen and oxygen atoms in total. The van der Waals surface area contributed by atoms with Crippen molar-refractivity contribution in [3.05, 3.63) is 53.3 Å². The van der Waals surface area contributed by atoms with Gasteiger partial charge in [-0.3, -0.25) is 9.48 Å². The van der Waals surface area contributed by atoms with Crippen molar-refractivity contribution in [3.63, 3.8) is 0 Å². The van der Waals surface area contributed by atoms with Crippen molar-refractivity contribution < 1.29 is 4.79 Å². The first-order valence-corrected chi connectivity index (χ1v) is 8.16. The first-order valence-electron chi connectivity index (χ1n) is 8.16. The molecule has 24 heavy (non-hydrogen) atoms. The molecule has 0 spiro atoms. The number of hydrogen-bond donors (Lipinski definition) is 2. The lowest BCUT2D eigenvalue weighted by Crippen LogP contribution is -2.35. The number of halogens is 1. The molecule has 1 amide bonds. The molecule has 1 aliphatic rings. The molecule has 2 heterocycles. The van der Waals surface area contributed by atoms with E-state index < -0.39 is 0 Å². The number of aromatic nitrogens is 2. The van der Waals surface area contributed by atoms with Crippen LogP contribution < -0.4 is 10.6 Å². The highest BCUT2D eigenvalue weighted by Gasteiger charge is 2.34. The van der Waals surface area contributed by atoms with Crippen molar-refractivity contribution in [2.45, 2.75) is 19.3 Å². The normalized spacial score (nSPS) is 19.8. The van der Waals surface area contributed by atoms with Gasteiger partial charge < -0.3 is 10.6 Å². The lowest BCUT2D eigenvalue weighted by molar-refractivity contribution is -0.124. The summed E-state index contributed by atoms with van der Waals surface area (Å²) in [5.74, 6) is 0.330. The maximum absolute atomic E-state index is 12.5. The topological polar surface area (TPSA) is 59.0 Å². The van der Waals surface area contributed by atoms with E-state index in [0.29, 0.717) is 6.54 Å². The number of nitrogens with zero attached hydrogens (tertiary/aromatic N) is 2. The molecule has 0 bridgehead atoms. The molecule has 2 aromatic rings. The number of carbonyl (C=O) groups excluding carboxylic acids is 1. The average molecular weight is 349 g/mol. The standard InChI is InChI=1S/C18H24N4O.ClH/c1-13-4-3-5-14(8-13)6-7-20-18(23)17-11-19-10-16(17)15-9-21-22(2)12-15;/h3-5,8-9,12,16-17,19H,6-7,10-11H2,1-2H3,(H,20,23);1H/t16-,17+;/m1./s1. The molecule has 1 aliphatic heterocycles. The van der Waals surface area contributed by atoms with Gasteiger partial charge in [0.1, 0.15) is 0 Å². The molecule has 1 aromatic heterocycles. The van der Waals surface area contributed by atoms with Gasteiger partial charge in [0.25, 0.3) is 0 Å². The minimum Gasteiger partial charge on any atom is -0.355 e. The van der Waals surface area contributed by atoms with Crippen LogP contribution in [0.25, 0.3) is 0 Å².